The maximum atomic E-state index is 5.06. The van der Waals surface area contributed by atoms with Gasteiger partial charge in [-0.15, -0.1) is 5.92 Å². The molecule has 0 bridgehead atoms. The summed E-state index contributed by atoms with van der Waals surface area (Å²) < 4.78 is 0. The van der Waals surface area contributed by atoms with Gasteiger partial charge in [-0.3, -0.25) is 0 Å². The van der Waals surface area contributed by atoms with E-state index in [-0.39, 0.29) is 0 Å². The second kappa shape index (κ2) is 9.28. The summed E-state index contributed by atoms with van der Waals surface area (Å²) in [4.78, 5) is 0. The topological polar surface area (TPSA) is 0 Å². The van der Waals surface area contributed by atoms with Gasteiger partial charge in [0.05, 0.1) is 11.8 Å². The van der Waals surface area contributed by atoms with Crippen LogP contribution >= 0.6 is 53.0 Å². The Bertz CT molecular complexity index is 763. The first kappa shape index (κ1) is 24.7. The molecule has 0 heterocycles. The number of halogens is 6. The van der Waals surface area contributed by atoms with E-state index < -0.39 is 9.14 Å². The molecule has 0 N–H and O–H groups in total. The van der Waals surface area contributed by atoms with Crippen LogP contribution in [0.1, 0.15) is 43.2 Å². The van der Waals surface area contributed by atoms with Crippen molar-refractivity contribution in [3.8, 4) is 11.8 Å². The summed E-state index contributed by atoms with van der Waals surface area (Å²) >= 11 is 0. The average molecular weight is 608 g/mol. The Kier molecular flexibility index (Phi) is 8.19. The summed E-state index contributed by atoms with van der Waals surface area (Å²) in [5.74, 6) is 9.27. The number of rotatable bonds is 4. The zero-order valence-corrected chi connectivity index (χ0v) is 22.4. The molecule has 2 atom stereocenters. The Morgan fingerprint density at radius 2 is 1.36 bits per heavy atom. The molecule has 1 aliphatic rings. The second-order valence-electron chi connectivity index (χ2n) is 6.57. The summed E-state index contributed by atoms with van der Waals surface area (Å²) in [6, 6.07) is 21.5. The predicted molar refractivity (Wildman–Crippen MR) is 130 cm³/mol. The molecule has 28 heavy (non-hydrogen) atoms. The molecule has 2 unspecified atom stereocenters. The van der Waals surface area contributed by atoms with Gasteiger partial charge in [-0.05, 0) is 30.2 Å². The van der Waals surface area contributed by atoms with Crippen molar-refractivity contribution < 1.29 is 0 Å². The molecule has 0 spiro atoms. The van der Waals surface area contributed by atoms with Crippen molar-refractivity contribution in [3.63, 3.8) is 0 Å². The Morgan fingerprint density at radius 3 is 1.86 bits per heavy atom. The number of unbranched alkanes of at least 4 members (excludes halogenated alkanes) is 2. The summed E-state index contributed by atoms with van der Waals surface area (Å²) in [5.41, 5.74) is 2.74. The van der Waals surface area contributed by atoms with Crippen LogP contribution in [0.4, 0.5) is 0 Å². The van der Waals surface area contributed by atoms with Crippen molar-refractivity contribution >= 4 is 62.1 Å². The van der Waals surface area contributed by atoms with Crippen LogP contribution in [0.2, 0.25) is 0 Å². The Hall–Kier alpha value is 0.428. The minimum atomic E-state index is -5.42. The molecule has 3 rings (SSSR count). The van der Waals surface area contributed by atoms with Crippen molar-refractivity contribution in [2.24, 2.45) is 5.92 Å². The van der Waals surface area contributed by atoms with Crippen LogP contribution in [-0.2, 0) is 0 Å². The Labute approximate surface area is 188 Å². The molecule has 152 valence electrons. The van der Waals surface area contributed by atoms with E-state index in [9.17, 15) is 0 Å². The predicted octanol–water partition coefficient (Wildman–Crippen LogP) is 8.97. The third-order valence-electron chi connectivity index (χ3n) is 4.07. The van der Waals surface area contributed by atoms with Crippen LogP contribution in [0.5, 0.6) is 0 Å². The van der Waals surface area contributed by atoms with Crippen LogP contribution < -0.4 is 0 Å². The fourth-order valence-electron chi connectivity index (χ4n) is 2.89. The van der Waals surface area contributed by atoms with E-state index >= 15 is 0 Å². The Balaban J connectivity index is 0.000000345. The van der Waals surface area contributed by atoms with E-state index in [0.717, 1.165) is 6.42 Å². The molecule has 7 heteroatoms. The van der Waals surface area contributed by atoms with Crippen LogP contribution in [0, 0.1) is 23.7 Å². The van der Waals surface area contributed by atoms with Gasteiger partial charge in [0, 0.05) is 18.6 Å². The van der Waals surface area contributed by atoms with Gasteiger partial charge in [0.1, 0.15) is 11.5 Å². The van der Waals surface area contributed by atoms with Gasteiger partial charge in [0.15, 0.2) is 0 Å². The summed E-state index contributed by atoms with van der Waals surface area (Å²) in [5, 5.41) is 0. The third-order valence-corrected chi connectivity index (χ3v) is 4.07. The summed E-state index contributed by atoms with van der Waals surface area (Å²) in [6.07, 6.45) is 3.45. The monoisotopic (exact) mass is 604 g/mol. The first-order valence-electron chi connectivity index (χ1n) is 8.88. The van der Waals surface area contributed by atoms with Gasteiger partial charge in [-0.2, -0.15) is 0 Å². The zero-order valence-electron chi connectivity index (χ0n) is 15.3. The van der Waals surface area contributed by atoms with Crippen molar-refractivity contribution in [3.05, 3.63) is 77.7 Å². The maximum absolute atomic E-state index is 5.42. The quantitative estimate of drug-likeness (QED) is 0.141. The average Bonchev–Trinajstić information content (AvgIpc) is 3.32. The molecule has 2 aromatic carbocycles. The van der Waals surface area contributed by atoms with E-state index in [4.69, 9.17) is 53.0 Å². The SMILES string of the molecule is CCCCC#CC1[C+](c2ccccc2)C1c1ccccc1.[Cl][Sb-]([Cl])([Cl])([Cl])([Cl])[Cl]. The number of hydrogen-bond donors (Lipinski definition) is 0. The Morgan fingerprint density at radius 1 is 0.857 bits per heavy atom. The summed E-state index contributed by atoms with van der Waals surface area (Å²) in [7, 11) is 25.0. The fourth-order valence-corrected chi connectivity index (χ4v) is 2.89. The van der Waals surface area contributed by atoms with Crippen molar-refractivity contribution in [1.29, 1.82) is 0 Å². The van der Waals surface area contributed by atoms with Crippen molar-refractivity contribution in [1.82, 2.24) is 0 Å². The number of benzene rings is 2. The number of hydrogen-bond acceptors (Lipinski definition) is 0. The van der Waals surface area contributed by atoms with Crippen LogP contribution in [0.25, 0.3) is 0 Å². The normalized spacial score (nSPS) is 20.6. The molecule has 1 saturated carbocycles. The third kappa shape index (κ3) is 10.5. The first-order chi connectivity index (χ1) is 12.9. The van der Waals surface area contributed by atoms with Crippen LogP contribution in [0.15, 0.2) is 60.7 Å². The van der Waals surface area contributed by atoms with E-state index in [1.54, 1.807) is 0 Å². The second-order valence-corrected chi connectivity index (χ2v) is 63.5. The standard InChI is InChI=1S/C21H21.6ClH.Sb/c1-2-3-4-11-16-19-20(17-12-7-5-8-13-17)21(19)18-14-9-6-10-15-18;;;;;;;/h5-10,12-15,19-20H,2-4H2,1H3;6*1H;/q+1;;;;;;;+5/p-6. The molecule has 0 nitrogen and oxygen atoms in total. The van der Waals surface area contributed by atoms with Crippen LogP contribution in [0.3, 0.4) is 0 Å². The molecule has 1 aliphatic carbocycles. The zero-order chi connectivity index (χ0) is 20.9. The van der Waals surface area contributed by atoms with E-state index in [1.807, 2.05) is 0 Å². The molecule has 0 aliphatic heterocycles. The molecule has 0 aromatic heterocycles. The van der Waals surface area contributed by atoms with E-state index in [2.05, 4.69) is 79.4 Å². The molecule has 0 amide bonds. The van der Waals surface area contributed by atoms with Gasteiger partial charge >= 0.3 is 62.1 Å². The molecule has 2 aromatic rings. The van der Waals surface area contributed by atoms with Gasteiger partial charge in [-0.25, -0.2) is 0 Å². The van der Waals surface area contributed by atoms with Crippen molar-refractivity contribution in [2.45, 2.75) is 32.1 Å². The molecular formula is C21H21Cl6Sb. The molecule has 0 saturated heterocycles. The van der Waals surface area contributed by atoms with E-state index in [1.165, 1.54) is 29.9 Å². The minimum absolute atomic E-state index is 0.409. The van der Waals surface area contributed by atoms with Gasteiger partial charge in [0.2, 0.25) is 0 Å². The van der Waals surface area contributed by atoms with Crippen molar-refractivity contribution in [2.75, 3.05) is 0 Å². The van der Waals surface area contributed by atoms with Crippen LogP contribution in [-0.4, -0.2) is 9.14 Å². The molecular weight excluding hydrogens is 587 g/mol. The van der Waals surface area contributed by atoms with Gasteiger partial charge in [0.25, 0.3) is 0 Å². The molecule has 1 fully saturated rings. The van der Waals surface area contributed by atoms with Gasteiger partial charge in [-0.1, -0.05) is 49.6 Å². The molecule has 0 radical (unpaired) electrons. The fraction of sp³-hybridized carbons (Fsp3) is 0.286. The van der Waals surface area contributed by atoms with E-state index in [0.29, 0.717) is 11.8 Å². The first-order valence-corrected chi connectivity index (χ1v) is 28.3. The summed E-state index contributed by atoms with van der Waals surface area (Å²) in [6.45, 7) is 2.22. The van der Waals surface area contributed by atoms with Gasteiger partial charge < -0.3 is 0 Å².